The van der Waals surface area contributed by atoms with E-state index in [9.17, 15) is 4.39 Å². The van der Waals surface area contributed by atoms with Crippen molar-refractivity contribution in [3.8, 4) is 0 Å². The summed E-state index contributed by atoms with van der Waals surface area (Å²) in [5, 5.41) is 3.30. The predicted molar refractivity (Wildman–Crippen MR) is 68.1 cm³/mol. The van der Waals surface area contributed by atoms with E-state index in [2.05, 4.69) is 17.1 Å². The lowest BCUT2D eigenvalue weighted by Gasteiger charge is -2.36. The number of anilines is 1. The Morgan fingerprint density at radius 2 is 2.19 bits per heavy atom. The largest absolute Gasteiger partial charge is 0.364 e. The van der Waals surface area contributed by atoms with Crippen molar-refractivity contribution in [3.05, 3.63) is 29.6 Å². The second-order valence-electron chi connectivity index (χ2n) is 4.20. The molecule has 16 heavy (non-hydrogen) atoms. The summed E-state index contributed by atoms with van der Waals surface area (Å²) in [4.78, 5) is 2.13. The Bertz CT molecular complexity index is 357. The molecule has 1 atom stereocenters. The molecule has 4 heteroatoms. The van der Waals surface area contributed by atoms with E-state index in [0.717, 1.165) is 30.9 Å². The molecule has 2 nitrogen and oxygen atoms in total. The minimum atomic E-state index is -0.108. The zero-order valence-electron chi connectivity index (χ0n) is 9.66. The number of piperazine rings is 1. The van der Waals surface area contributed by atoms with E-state index in [1.54, 1.807) is 6.07 Å². The van der Waals surface area contributed by atoms with Crippen molar-refractivity contribution >= 4 is 18.1 Å². The Balaban J connectivity index is 0.00000128. The van der Waals surface area contributed by atoms with Gasteiger partial charge in [0.15, 0.2) is 0 Å². The average molecular weight is 245 g/mol. The van der Waals surface area contributed by atoms with Gasteiger partial charge in [-0.15, -0.1) is 12.4 Å². The molecule has 1 aliphatic rings. The van der Waals surface area contributed by atoms with Crippen molar-refractivity contribution in [2.24, 2.45) is 0 Å². The third-order valence-corrected chi connectivity index (χ3v) is 2.91. The first-order chi connectivity index (χ1) is 7.18. The summed E-state index contributed by atoms with van der Waals surface area (Å²) < 4.78 is 13.7. The highest BCUT2D eigenvalue weighted by atomic mass is 35.5. The number of hydrogen-bond donors (Lipinski definition) is 1. The molecule has 1 saturated heterocycles. The van der Waals surface area contributed by atoms with Crippen molar-refractivity contribution in [1.82, 2.24) is 5.32 Å². The standard InChI is InChI=1S/C12H17FN2.ClH/c1-9-3-4-12(11(13)7-9)15-6-5-14-8-10(15)2;/h3-4,7,10,14H,5-6,8H2,1-2H3;1H/t10-;/m0./s1. The first kappa shape index (κ1) is 13.3. The third-order valence-electron chi connectivity index (χ3n) is 2.91. The maximum absolute atomic E-state index is 13.7. The number of aryl methyl sites for hydroxylation is 1. The van der Waals surface area contributed by atoms with Gasteiger partial charge in [0.2, 0.25) is 0 Å². The molecule has 0 saturated carbocycles. The van der Waals surface area contributed by atoms with Crippen molar-refractivity contribution in [3.63, 3.8) is 0 Å². The Hall–Kier alpha value is -0.800. The van der Waals surface area contributed by atoms with Crippen molar-refractivity contribution in [1.29, 1.82) is 0 Å². The molecule has 0 spiro atoms. The van der Waals surface area contributed by atoms with Gasteiger partial charge in [0.1, 0.15) is 5.82 Å². The van der Waals surface area contributed by atoms with E-state index >= 15 is 0 Å². The van der Waals surface area contributed by atoms with E-state index in [1.165, 1.54) is 0 Å². The van der Waals surface area contributed by atoms with Gasteiger partial charge in [0.25, 0.3) is 0 Å². The molecule has 1 aliphatic heterocycles. The van der Waals surface area contributed by atoms with Crippen LogP contribution in [0.1, 0.15) is 12.5 Å². The molecule has 1 heterocycles. The molecule has 1 aromatic carbocycles. The van der Waals surface area contributed by atoms with Crippen LogP contribution in [0.2, 0.25) is 0 Å². The Morgan fingerprint density at radius 1 is 1.44 bits per heavy atom. The van der Waals surface area contributed by atoms with Crippen LogP contribution in [0.25, 0.3) is 0 Å². The zero-order chi connectivity index (χ0) is 10.8. The molecule has 1 aromatic rings. The summed E-state index contributed by atoms with van der Waals surface area (Å²) >= 11 is 0. The summed E-state index contributed by atoms with van der Waals surface area (Å²) in [5.74, 6) is -0.108. The summed E-state index contributed by atoms with van der Waals surface area (Å²) in [5.41, 5.74) is 1.70. The Labute approximate surface area is 102 Å². The fourth-order valence-corrected chi connectivity index (χ4v) is 2.04. The summed E-state index contributed by atoms with van der Waals surface area (Å²) in [6.07, 6.45) is 0. The van der Waals surface area contributed by atoms with Gasteiger partial charge in [-0.3, -0.25) is 0 Å². The first-order valence-corrected chi connectivity index (χ1v) is 5.42. The molecule has 1 fully saturated rings. The molecule has 1 N–H and O–H groups in total. The van der Waals surface area contributed by atoms with Gasteiger partial charge < -0.3 is 10.2 Å². The van der Waals surface area contributed by atoms with Gasteiger partial charge in [0, 0.05) is 25.7 Å². The number of nitrogens with one attached hydrogen (secondary N) is 1. The fraction of sp³-hybridized carbons (Fsp3) is 0.500. The average Bonchev–Trinajstić information content (AvgIpc) is 2.20. The van der Waals surface area contributed by atoms with Crippen LogP contribution in [-0.4, -0.2) is 25.7 Å². The third kappa shape index (κ3) is 2.66. The lowest BCUT2D eigenvalue weighted by molar-refractivity contribution is 0.491. The highest BCUT2D eigenvalue weighted by Crippen LogP contribution is 2.22. The number of benzene rings is 1. The normalized spacial score (nSPS) is 20.4. The summed E-state index contributed by atoms with van der Waals surface area (Å²) in [6, 6.07) is 5.81. The summed E-state index contributed by atoms with van der Waals surface area (Å²) in [6.45, 7) is 6.76. The Kier molecular flexibility index (Phi) is 4.56. The van der Waals surface area contributed by atoms with Crippen LogP contribution in [0, 0.1) is 12.7 Å². The number of rotatable bonds is 1. The fourth-order valence-electron chi connectivity index (χ4n) is 2.04. The van der Waals surface area contributed by atoms with Gasteiger partial charge in [-0.2, -0.15) is 0 Å². The highest BCUT2D eigenvalue weighted by molar-refractivity contribution is 5.85. The van der Waals surface area contributed by atoms with Gasteiger partial charge >= 0.3 is 0 Å². The van der Waals surface area contributed by atoms with Crippen LogP contribution in [0.4, 0.5) is 10.1 Å². The molecule has 2 rings (SSSR count). The van der Waals surface area contributed by atoms with Crippen molar-refractivity contribution in [2.75, 3.05) is 24.5 Å². The molecular weight excluding hydrogens is 227 g/mol. The predicted octanol–water partition coefficient (Wildman–Crippen LogP) is 2.35. The first-order valence-electron chi connectivity index (χ1n) is 5.42. The SMILES string of the molecule is Cc1ccc(N2CCNC[C@@H]2C)c(F)c1.Cl. The molecule has 0 radical (unpaired) electrons. The van der Waals surface area contributed by atoms with Crippen molar-refractivity contribution < 1.29 is 4.39 Å². The zero-order valence-corrected chi connectivity index (χ0v) is 10.5. The van der Waals surface area contributed by atoms with Crippen molar-refractivity contribution in [2.45, 2.75) is 19.9 Å². The molecule has 0 bridgehead atoms. The molecule has 0 amide bonds. The van der Waals surface area contributed by atoms with E-state index in [1.807, 2.05) is 19.1 Å². The number of hydrogen-bond acceptors (Lipinski definition) is 2. The molecule has 0 aromatic heterocycles. The second kappa shape index (κ2) is 5.51. The Morgan fingerprint density at radius 3 is 2.81 bits per heavy atom. The number of halogens is 2. The van der Waals surface area contributed by atoms with Crippen LogP contribution < -0.4 is 10.2 Å². The van der Waals surface area contributed by atoms with Gasteiger partial charge in [-0.05, 0) is 31.5 Å². The lowest BCUT2D eigenvalue weighted by Crippen LogP contribution is -2.50. The minimum absolute atomic E-state index is 0. The van der Waals surface area contributed by atoms with Gasteiger partial charge in [0.05, 0.1) is 5.69 Å². The van der Waals surface area contributed by atoms with Gasteiger partial charge in [-0.1, -0.05) is 6.07 Å². The van der Waals surface area contributed by atoms with E-state index in [0.29, 0.717) is 6.04 Å². The topological polar surface area (TPSA) is 15.3 Å². The minimum Gasteiger partial charge on any atom is -0.364 e. The molecule has 0 aliphatic carbocycles. The van der Waals surface area contributed by atoms with Crippen LogP contribution in [0.15, 0.2) is 18.2 Å². The quantitative estimate of drug-likeness (QED) is 0.816. The van der Waals surface area contributed by atoms with Crippen LogP contribution in [-0.2, 0) is 0 Å². The summed E-state index contributed by atoms with van der Waals surface area (Å²) in [7, 11) is 0. The van der Waals surface area contributed by atoms with Gasteiger partial charge in [-0.25, -0.2) is 4.39 Å². The number of nitrogens with zero attached hydrogens (tertiary/aromatic N) is 1. The molecule has 0 unspecified atom stereocenters. The highest BCUT2D eigenvalue weighted by Gasteiger charge is 2.20. The lowest BCUT2D eigenvalue weighted by atomic mass is 10.1. The maximum atomic E-state index is 13.7. The van der Waals surface area contributed by atoms with E-state index in [-0.39, 0.29) is 18.2 Å². The van der Waals surface area contributed by atoms with E-state index in [4.69, 9.17) is 0 Å². The van der Waals surface area contributed by atoms with Crippen LogP contribution >= 0.6 is 12.4 Å². The van der Waals surface area contributed by atoms with Crippen LogP contribution in [0.5, 0.6) is 0 Å². The van der Waals surface area contributed by atoms with E-state index < -0.39 is 0 Å². The maximum Gasteiger partial charge on any atom is 0.146 e. The monoisotopic (exact) mass is 244 g/mol. The molecular formula is C12H18ClFN2. The smallest absolute Gasteiger partial charge is 0.146 e. The van der Waals surface area contributed by atoms with Crippen LogP contribution in [0.3, 0.4) is 0 Å². The molecule has 90 valence electrons. The second-order valence-corrected chi connectivity index (χ2v) is 4.20.